The minimum Gasteiger partial charge on any atom is -0.452 e. The van der Waals surface area contributed by atoms with Gasteiger partial charge in [0, 0.05) is 13.1 Å². The van der Waals surface area contributed by atoms with Crippen LogP contribution >= 0.6 is 0 Å². The van der Waals surface area contributed by atoms with E-state index in [0.29, 0.717) is 26.1 Å². The van der Waals surface area contributed by atoms with Gasteiger partial charge in [-0.15, -0.1) is 0 Å². The number of nitrogens with zero attached hydrogens (tertiary/aromatic N) is 3. The number of aliphatic imine (C=N–C) groups is 2. The summed E-state index contributed by atoms with van der Waals surface area (Å²) in [4.78, 5) is 51.7. The maximum atomic E-state index is 12.1. The molecule has 0 fully saturated rings. The molecule has 26 heavy (non-hydrogen) atoms. The van der Waals surface area contributed by atoms with Crippen LogP contribution < -0.4 is 5.32 Å². The smallest absolute Gasteiger partial charge is 0.417 e. The van der Waals surface area contributed by atoms with Crippen LogP contribution in [0, 0.1) is 0 Å². The summed E-state index contributed by atoms with van der Waals surface area (Å²) in [5.41, 5.74) is 0. The van der Waals surface area contributed by atoms with Crippen molar-refractivity contribution in [3.05, 3.63) is 0 Å². The second-order valence-corrected chi connectivity index (χ2v) is 5.63. The van der Waals surface area contributed by atoms with E-state index in [9.17, 15) is 19.2 Å². The van der Waals surface area contributed by atoms with E-state index in [0.717, 1.165) is 49.8 Å². The number of nitrogens with one attached hydrogen (secondary N) is 1. The van der Waals surface area contributed by atoms with E-state index in [4.69, 9.17) is 0 Å². The quantitative estimate of drug-likeness (QED) is 0.287. The van der Waals surface area contributed by atoms with Gasteiger partial charge < -0.3 is 10.1 Å². The van der Waals surface area contributed by atoms with Crippen LogP contribution in [0.2, 0.25) is 0 Å². The average molecular weight is 368 g/mol. The molecule has 0 aliphatic rings. The molecule has 0 atom stereocenters. The molecular weight excluding hydrogens is 340 g/mol. The van der Waals surface area contributed by atoms with Gasteiger partial charge in [0.25, 0.3) is 0 Å². The summed E-state index contributed by atoms with van der Waals surface area (Å²) in [6, 6.07) is -0.465. The monoisotopic (exact) mass is 368 g/mol. The standard InChI is InChI=1S/C17H28N4O5/c1-26-17(25)21(13-9-5-4-7-11-19-15-23)16(24)20-12-8-3-2-6-10-18-14-22/h2-13H2,1H3,(H,20,24). The molecule has 0 spiro atoms. The summed E-state index contributed by atoms with van der Waals surface area (Å²) in [7, 11) is 1.24. The van der Waals surface area contributed by atoms with Crippen molar-refractivity contribution < 1.29 is 23.9 Å². The fourth-order valence-electron chi connectivity index (χ4n) is 2.25. The van der Waals surface area contributed by atoms with Crippen LogP contribution in [0.15, 0.2) is 9.98 Å². The number of amides is 3. The van der Waals surface area contributed by atoms with E-state index < -0.39 is 12.1 Å². The second-order valence-electron chi connectivity index (χ2n) is 5.63. The third kappa shape index (κ3) is 12.9. The maximum Gasteiger partial charge on any atom is 0.417 e. The number of hydrogen-bond donors (Lipinski definition) is 1. The van der Waals surface area contributed by atoms with Gasteiger partial charge in [-0.2, -0.15) is 0 Å². The molecule has 0 bridgehead atoms. The molecule has 0 rings (SSSR count). The van der Waals surface area contributed by atoms with Crippen molar-refractivity contribution in [2.24, 2.45) is 9.98 Å². The van der Waals surface area contributed by atoms with E-state index in [1.165, 1.54) is 19.3 Å². The lowest BCUT2D eigenvalue weighted by molar-refractivity contribution is 0.128. The van der Waals surface area contributed by atoms with Crippen LogP contribution in [0.5, 0.6) is 0 Å². The summed E-state index contributed by atoms with van der Waals surface area (Å²) in [5, 5.41) is 2.71. The number of isocyanates is 2. The summed E-state index contributed by atoms with van der Waals surface area (Å²) in [6.07, 6.45) is 8.82. The SMILES string of the molecule is COC(=O)N(CCCCCCN=C=O)C(=O)NCCCCCCN=C=O. The van der Waals surface area contributed by atoms with E-state index >= 15 is 0 Å². The number of carbonyl (C=O) groups is 2. The Balaban J connectivity index is 3.98. The van der Waals surface area contributed by atoms with Crippen molar-refractivity contribution in [3.63, 3.8) is 0 Å². The fraction of sp³-hybridized carbons (Fsp3) is 0.765. The molecule has 0 saturated carbocycles. The number of hydrogen-bond acceptors (Lipinski definition) is 7. The van der Waals surface area contributed by atoms with Gasteiger partial charge in [-0.3, -0.25) is 0 Å². The van der Waals surface area contributed by atoms with Crippen LogP contribution in [0.25, 0.3) is 0 Å². The predicted octanol–water partition coefficient (Wildman–Crippen LogP) is 2.56. The lowest BCUT2D eigenvalue weighted by Gasteiger charge is -2.19. The first-order chi connectivity index (χ1) is 12.7. The number of unbranched alkanes of at least 4 members (excludes halogenated alkanes) is 6. The lowest BCUT2D eigenvalue weighted by atomic mass is 10.2. The third-order valence-electron chi connectivity index (χ3n) is 3.64. The van der Waals surface area contributed by atoms with E-state index in [1.54, 1.807) is 0 Å². The Hall–Kier alpha value is -2.50. The van der Waals surface area contributed by atoms with E-state index in [-0.39, 0.29) is 6.54 Å². The normalized spacial score (nSPS) is 9.58. The van der Waals surface area contributed by atoms with Gasteiger partial charge in [0.2, 0.25) is 12.2 Å². The molecule has 0 heterocycles. The molecule has 9 nitrogen and oxygen atoms in total. The highest BCUT2D eigenvalue weighted by Crippen LogP contribution is 2.05. The average Bonchev–Trinajstić information content (AvgIpc) is 2.65. The molecular formula is C17H28N4O5. The van der Waals surface area contributed by atoms with Crippen molar-refractivity contribution in [3.8, 4) is 0 Å². The molecule has 0 aliphatic carbocycles. The van der Waals surface area contributed by atoms with Crippen LogP contribution in [0.3, 0.4) is 0 Å². The first-order valence-electron chi connectivity index (χ1n) is 8.88. The van der Waals surface area contributed by atoms with Crippen molar-refractivity contribution in [2.45, 2.75) is 51.4 Å². The largest absolute Gasteiger partial charge is 0.452 e. The maximum absolute atomic E-state index is 12.1. The Morgan fingerprint density at radius 3 is 1.96 bits per heavy atom. The topological polar surface area (TPSA) is 118 Å². The van der Waals surface area contributed by atoms with E-state index in [2.05, 4.69) is 20.0 Å². The number of ether oxygens (including phenoxy) is 1. The summed E-state index contributed by atoms with van der Waals surface area (Å²) in [6.45, 7) is 1.67. The van der Waals surface area contributed by atoms with Crippen molar-refractivity contribution in [1.29, 1.82) is 0 Å². The third-order valence-corrected chi connectivity index (χ3v) is 3.64. The molecule has 0 saturated heterocycles. The van der Waals surface area contributed by atoms with Gasteiger partial charge in [-0.1, -0.05) is 25.7 Å². The van der Waals surface area contributed by atoms with Gasteiger partial charge >= 0.3 is 12.1 Å². The summed E-state index contributed by atoms with van der Waals surface area (Å²) in [5.74, 6) is 0. The van der Waals surface area contributed by atoms with Crippen molar-refractivity contribution >= 4 is 24.3 Å². The molecule has 146 valence electrons. The molecule has 0 aromatic carbocycles. The lowest BCUT2D eigenvalue weighted by Crippen LogP contribution is -2.44. The first kappa shape index (κ1) is 23.5. The number of methoxy groups -OCH3 is 1. The van der Waals surface area contributed by atoms with Crippen molar-refractivity contribution in [2.75, 3.05) is 33.3 Å². The van der Waals surface area contributed by atoms with Gasteiger partial charge in [-0.25, -0.2) is 34.1 Å². The van der Waals surface area contributed by atoms with Crippen LogP contribution in [0.4, 0.5) is 9.59 Å². The minimum atomic E-state index is -0.681. The number of imide groups is 1. The van der Waals surface area contributed by atoms with Crippen LogP contribution in [-0.4, -0.2) is 62.5 Å². The van der Waals surface area contributed by atoms with Gasteiger partial charge in [-0.05, 0) is 25.7 Å². The molecule has 1 N–H and O–H groups in total. The number of rotatable bonds is 14. The molecule has 0 aromatic rings. The highest BCUT2D eigenvalue weighted by molar-refractivity contribution is 5.90. The van der Waals surface area contributed by atoms with Gasteiger partial charge in [0.05, 0.1) is 20.2 Å². The zero-order valence-electron chi connectivity index (χ0n) is 15.4. The Labute approximate surface area is 153 Å². The van der Waals surface area contributed by atoms with Crippen LogP contribution in [-0.2, 0) is 14.3 Å². The zero-order chi connectivity index (χ0) is 19.5. The number of carbonyl (C=O) groups excluding carboxylic acids is 4. The molecule has 0 aliphatic heterocycles. The summed E-state index contributed by atoms with van der Waals surface area (Å²) < 4.78 is 4.65. The van der Waals surface area contributed by atoms with Crippen LogP contribution in [0.1, 0.15) is 51.4 Å². The van der Waals surface area contributed by atoms with E-state index in [1.807, 2.05) is 0 Å². The Morgan fingerprint density at radius 2 is 1.42 bits per heavy atom. The molecule has 0 unspecified atom stereocenters. The van der Waals surface area contributed by atoms with Crippen molar-refractivity contribution in [1.82, 2.24) is 10.2 Å². The zero-order valence-corrected chi connectivity index (χ0v) is 15.4. The highest BCUT2D eigenvalue weighted by Gasteiger charge is 2.20. The molecule has 9 heteroatoms. The summed E-state index contributed by atoms with van der Waals surface area (Å²) >= 11 is 0. The Morgan fingerprint density at radius 1 is 0.885 bits per heavy atom. The Bertz CT molecular complexity index is 499. The second kappa shape index (κ2) is 17.3. The molecule has 0 aromatic heterocycles. The minimum absolute atomic E-state index is 0.277. The predicted molar refractivity (Wildman–Crippen MR) is 95.4 cm³/mol. The highest BCUT2D eigenvalue weighted by atomic mass is 16.5. The fourth-order valence-corrected chi connectivity index (χ4v) is 2.25. The molecule has 0 radical (unpaired) electrons. The van der Waals surface area contributed by atoms with Gasteiger partial charge in [0.1, 0.15) is 0 Å². The Kier molecular flexibility index (Phi) is 15.7. The molecule has 3 amide bonds. The number of urea groups is 1. The first-order valence-corrected chi connectivity index (χ1v) is 8.88. The van der Waals surface area contributed by atoms with Gasteiger partial charge in [0.15, 0.2) is 0 Å².